The van der Waals surface area contributed by atoms with Crippen molar-refractivity contribution in [3.05, 3.63) is 34.9 Å². The minimum absolute atomic E-state index is 0.467. The second-order valence-corrected chi connectivity index (χ2v) is 6.73. The maximum atomic E-state index is 3.69. The maximum Gasteiger partial charge on any atom is 0.0449 e. The lowest BCUT2D eigenvalue weighted by Gasteiger charge is -2.25. The Bertz CT molecular complexity index is 421. The number of benzene rings is 1. The Balaban J connectivity index is 2.02. The van der Waals surface area contributed by atoms with E-state index in [9.17, 15) is 0 Å². The van der Waals surface area contributed by atoms with Gasteiger partial charge in [0.25, 0.3) is 0 Å². The van der Waals surface area contributed by atoms with Crippen LogP contribution in [-0.2, 0) is 0 Å². The van der Waals surface area contributed by atoms with Crippen molar-refractivity contribution in [3.8, 4) is 0 Å². The van der Waals surface area contributed by atoms with Crippen LogP contribution >= 0.6 is 0 Å². The molecule has 2 atom stereocenters. The molecule has 0 aliphatic carbocycles. The average Bonchev–Trinajstić information content (AvgIpc) is 2.85. The van der Waals surface area contributed by atoms with Gasteiger partial charge in [0.2, 0.25) is 0 Å². The highest BCUT2D eigenvalue weighted by atomic mass is 15.2. The largest absolute Gasteiger partial charge is 0.309 e. The summed E-state index contributed by atoms with van der Waals surface area (Å²) < 4.78 is 0. The predicted molar refractivity (Wildman–Crippen MR) is 91.8 cm³/mol. The quantitative estimate of drug-likeness (QED) is 0.813. The Labute approximate surface area is 130 Å². The standard InChI is InChI=1S/C19H32N2/c1-5-7-17-8-9-21(13-17)14-19(20-6-2)18-11-15(3)10-16(4)12-18/h10-12,17,19-20H,5-9,13-14H2,1-4H3. The topological polar surface area (TPSA) is 15.3 Å². The molecule has 0 saturated carbocycles. The van der Waals surface area contributed by atoms with E-state index in [1.54, 1.807) is 0 Å². The summed E-state index contributed by atoms with van der Waals surface area (Å²) in [7, 11) is 0. The summed E-state index contributed by atoms with van der Waals surface area (Å²) in [5.74, 6) is 0.927. The van der Waals surface area contributed by atoms with Gasteiger partial charge in [-0.1, -0.05) is 49.6 Å². The van der Waals surface area contributed by atoms with Crippen molar-refractivity contribution in [2.24, 2.45) is 5.92 Å². The summed E-state index contributed by atoms with van der Waals surface area (Å²) >= 11 is 0. The highest BCUT2D eigenvalue weighted by Crippen LogP contribution is 2.24. The van der Waals surface area contributed by atoms with Crippen LogP contribution in [0.2, 0.25) is 0 Å². The molecule has 2 heteroatoms. The second-order valence-electron chi connectivity index (χ2n) is 6.73. The zero-order chi connectivity index (χ0) is 15.2. The van der Waals surface area contributed by atoms with Gasteiger partial charge in [0.1, 0.15) is 0 Å². The lowest BCUT2D eigenvalue weighted by atomic mass is 10.0. The highest BCUT2D eigenvalue weighted by molar-refractivity contribution is 5.31. The zero-order valence-corrected chi connectivity index (χ0v) is 14.3. The van der Waals surface area contributed by atoms with E-state index in [0.29, 0.717) is 6.04 Å². The van der Waals surface area contributed by atoms with Crippen LogP contribution in [0.5, 0.6) is 0 Å². The van der Waals surface area contributed by atoms with Crippen LogP contribution in [0, 0.1) is 19.8 Å². The average molecular weight is 288 g/mol. The molecule has 0 spiro atoms. The molecule has 2 nitrogen and oxygen atoms in total. The Morgan fingerprint density at radius 1 is 1.19 bits per heavy atom. The second kappa shape index (κ2) is 7.95. The van der Waals surface area contributed by atoms with Crippen LogP contribution in [-0.4, -0.2) is 31.1 Å². The fourth-order valence-corrected chi connectivity index (χ4v) is 3.73. The fourth-order valence-electron chi connectivity index (χ4n) is 3.73. The van der Waals surface area contributed by atoms with E-state index in [0.717, 1.165) is 19.0 Å². The first-order chi connectivity index (χ1) is 10.1. The zero-order valence-electron chi connectivity index (χ0n) is 14.3. The third-order valence-electron chi connectivity index (χ3n) is 4.60. The molecule has 2 unspecified atom stereocenters. The van der Waals surface area contributed by atoms with Gasteiger partial charge in [-0.15, -0.1) is 0 Å². The van der Waals surface area contributed by atoms with Crippen molar-refractivity contribution in [1.29, 1.82) is 0 Å². The van der Waals surface area contributed by atoms with Crippen molar-refractivity contribution in [2.75, 3.05) is 26.2 Å². The molecule has 1 aromatic carbocycles. The van der Waals surface area contributed by atoms with Crippen LogP contribution in [0.4, 0.5) is 0 Å². The Kier molecular flexibility index (Phi) is 6.25. The minimum atomic E-state index is 0.467. The van der Waals surface area contributed by atoms with Crippen molar-refractivity contribution in [1.82, 2.24) is 10.2 Å². The molecule has 1 aliphatic rings. The van der Waals surface area contributed by atoms with E-state index >= 15 is 0 Å². The molecule has 118 valence electrons. The van der Waals surface area contributed by atoms with Crippen molar-refractivity contribution < 1.29 is 0 Å². The molecule has 1 aromatic rings. The van der Waals surface area contributed by atoms with Crippen LogP contribution in [0.15, 0.2) is 18.2 Å². The van der Waals surface area contributed by atoms with Crippen LogP contribution in [0.1, 0.15) is 55.8 Å². The molecule has 21 heavy (non-hydrogen) atoms. The number of nitrogens with zero attached hydrogens (tertiary/aromatic N) is 1. The molecule has 1 fully saturated rings. The number of likely N-dealkylation sites (tertiary alicyclic amines) is 1. The number of rotatable bonds is 7. The Hall–Kier alpha value is -0.860. The molecule has 0 amide bonds. The van der Waals surface area contributed by atoms with Crippen molar-refractivity contribution in [2.45, 2.75) is 53.0 Å². The molecule has 0 bridgehead atoms. The van der Waals surface area contributed by atoms with Gasteiger partial charge in [-0.2, -0.15) is 0 Å². The third kappa shape index (κ3) is 4.82. The van der Waals surface area contributed by atoms with Gasteiger partial charge in [0.15, 0.2) is 0 Å². The molecule has 2 rings (SSSR count). The molecule has 0 radical (unpaired) electrons. The van der Waals surface area contributed by atoms with Crippen molar-refractivity contribution >= 4 is 0 Å². The lowest BCUT2D eigenvalue weighted by Crippen LogP contribution is -2.34. The predicted octanol–water partition coefficient (Wildman–Crippen LogP) is 4.08. The van der Waals surface area contributed by atoms with Gasteiger partial charge in [-0.05, 0) is 51.3 Å². The number of nitrogens with one attached hydrogen (secondary N) is 1. The summed E-state index contributed by atoms with van der Waals surface area (Å²) in [5.41, 5.74) is 4.20. The monoisotopic (exact) mass is 288 g/mol. The summed E-state index contributed by atoms with van der Waals surface area (Å²) in [6, 6.07) is 7.42. The number of hydrogen-bond acceptors (Lipinski definition) is 2. The molecule has 1 N–H and O–H groups in total. The summed E-state index contributed by atoms with van der Waals surface area (Å²) in [6.45, 7) is 13.7. The van der Waals surface area contributed by atoms with Gasteiger partial charge >= 0.3 is 0 Å². The summed E-state index contributed by atoms with van der Waals surface area (Å²) in [4.78, 5) is 2.66. The number of hydrogen-bond donors (Lipinski definition) is 1. The molecule has 0 aromatic heterocycles. The van der Waals surface area contributed by atoms with E-state index in [4.69, 9.17) is 0 Å². The molecular formula is C19H32N2. The summed E-state index contributed by atoms with van der Waals surface area (Å²) in [6.07, 6.45) is 4.11. The smallest absolute Gasteiger partial charge is 0.0449 e. The normalized spacial score (nSPS) is 20.9. The first kappa shape index (κ1) is 16.5. The molecular weight excluding hydrogens is 256 g/mol. The van der Waals surface area contributed by atoms with E-state index in [-0.39, 0.29) is 0 Å². The van der Waals surface area contributed by atoms with Crippen LogP contribution in [0.25, 0.3) is 0 Å². The Morgan fingerprint density at radius 3 is 2.52 bits per heavy atom. The maximum absolute atomic E-state index is 3.69. The lowest BCUT2D eigenvalue weighted by molar-refractivity contribution is 0.281. The van der Waals surface area contributed by atoms with Crippen molar-refractivity contribution in [3.63, 3.8) is 0 Å². The van der Waals surface area contributed by atoms with E-state index in [2.05, 4.69) is 56.1 Å². The van der Waals surface area contributed by atoms with Gasteiger partial charge in [-0.25, -0.2) is 0 Å². The van der Waals surface area contributed by atoms with E-state index < -0.39 is 0 Å². The fraction of sp³-hybridized carbons (Fsp3) is 0.684. The molecule has 1 heterocycles. The summed E-state index contributed by atoms with van der Waals surface area (Å²) in [5, 5.41) is 3.69. The highest BCUT2D eigenvalue weighted by Gasteiger charge is 2.24. The van der Waals surface area contributed by atoms with Crippen LogP contribution < -0.4 is 5.32 Å². The van der Waals surface area contributed by atoms with Gasteiger partial charge in [-0.3, -0.25) is 0 Å². The number of aryl methyl sites for hydroxylation is 2. The van der Waals surface area contributed by atoms with Crippen LogP contribution in [0.3, 0.4) is 0 Å². The molecule has 1 saturated heterocycles. The first-order valence-corrected chi connectivity index (χ1v) is 8.66. The minimum Gasteiger partial charge on any atom is -0.309 e. The third-order valence-corrected chi connectivity index (χ3v) is 4.60. The van der Waals surface area contributed by atoms with Gasteiger partial charge < -0.3 is 10.2 Å². The van der Waals surface area contributed by atoms with E-state index in [1.807, 2.05) is 0 Å². The Morgan fingerprint density at radius 2 is 1.90 bits per heavy atom. The van der Waals surface area contributed by atoms with Gasteiger partial charge in [0, 0.05) is 19.1 Å². The van der Waals surface area contributed by atoms with E-state index in [1.165, 1.54) is 49.0 Å². The van der Waals surface area contributed by atoms with Gasteiger partial charge in [0.05, 0.1) is 0 Å². The molecule has 1 aliphatic heterocycles. The first-order valence-electron chi connectivity index (χ1n) is 8.66. The SMILES string of the molecule is CCCC1CCN(CC(NCC)c2cc(C)cc(C)c2)C1. The number of likely N-dealkylation sites (N-methyl/N-ethyl adjacent to an activating group) is 1.